The van der Waals surface area contributed by atoms with Gasteiger partial charge in [-0.2, -0.15) is 0 Å². The lowest BCUT2D eigenvalue weighted by atomic mass is 10.2. The lowest BCUT2D eigenvalue weighted by Gasteiger charge is -2.08. The van der Waals surface area contributed by atoms with Crippen LogP contribution in [0.15, 0.2) is 53.4 Å². The number of hydrogen-bond acceptors (Lipinski definition) is 4. The van der Waals surface area contributed by atoms with Gasteiger partial charge in [-0.15, -0.1) is 11.3 Å². The van der Waals surface area contributed by atoms with Crippen LogP contribution < -0.4 is 10.1 Å². The molecule has 0 unspecified atom stereocenters. The first kappa shape index (κ1) is 16.1. The number of ether oxygens (including phenoxy) is 1. The van der Waals surface area contributed by atoms with Gasteiger partial charge >= 0.3 is 0 Å². The van der Waals surface area contributed by atoms with E-state index in [0.29, 0.717) is 17.9 Å². The van der Waals surface area contributed by atoms with E-state index in [9.17, 15) is 13.6 Å². The maximum absolute atomic E-state index is 13.2. The largest absolute Gasteiger partial charge is 0.487 e. The Labute approximate surface area is 140 Å². The zero-order chi connectivity index (χ0) is 16.9. The van der Waals surface area contributed by atoms with E-state index < -0.39 is 17.5 Å². The molecule has 1 amide bonds. The molecule has 0 aliphatic heterocycles. The second kappa shape index (κ2) is 7.18. The van der Waals surface area contributed by atoms with Gasteiger partial charge in [-0.3, -0.25) is 4.79 Å². The van der Waals surface area contributed by atoms with Crippen LogP contribution in [0.4, 0.5) is 14.5 Å². The molecule has 4 nitrogen and oxygen atoms in total. The SMILES string of the molecule is O=C(Nc1cc(F)cc(F)c1)c1cccc(OCc2cscn2)c1. The number of anilines is 1. The van der Waals surface area contributed by atoms with Gasteiger partial charge in [-0.05, 0) is 30.3 Å². The Kier molecular flexibility index (Phi) is 4.81. The number of rotatable bonds is 5. The highest BCUT2D eigenvalue weighted by molar-refractivity contribution is 7.07. The van der Waals surface area contributed by atoms with Crippen LogP contribution >= 0.6 is 11.3 Å². The first-order chi connectivity index (χ1) is 11.6. The molecule has 0 aliphatic rings. The summed E-state index contributed by atoms with van der Waals surface area (Å²) < 4.78 is 31.9. The molecule has 1 aromatic heterocycles. The fraction of sp³-hybridized carbons (Fsp3) is 0.0588. The van der Waals surface area contributed by atoms with Crippen molar-refractivity contribution in [3.63, 3.8) is 0 Å². The van der Waals surface area contributed by atoms with Crippen molar-refractivity contribution in [2.45, 2.75) is 6.61 Å². The van der Waals surface area contributed by atoms with Crippen LogP contribution in [0.5, 0.6) is 5.75 Å². The zero-order valence-electron chi connectivity index (χ0n) is 12.3. The number of nitrogens with zero attached hydrogens (tertiary/aromatic N) is 1. The van der Waals surface area contributed by atoms with Crippen molar-refractivity contribution in [3.8, 4) is 5.75 Å². The van der Waals surface area contributed by atoms with Crippen molar-refractivity contribution in [3.05, 3.63) is 76.2 Å². The number of nitrogens with one attached hydrogen (secondary N) is 1. The third-order valence-corrected chi connectivity index (χ3v) is 3.72. The van der Waals surface area contributed by atoms with Gasteiger partial charge in [-0.25, -0.2) is 13.8 Å². The van der Waals surface area contributed by atoms with E-state index in [-0.39, 0.29) is 5.69 Å². The summed E-state index contributed by atoms with van der Waals surface area (Å²) in [6.45, 7) is 0.295. The van der Waals surface area contributed by atoms with E-state index in [4.69, 9.17) is 4.74 Å². The molecule has 0 spiro atoms. The third kappa shape index (κ3) is 4.14. The molecule has 2 aromatic carbocycles. The molecule has 0 radical (unpaired) electrons. The number of thiazole rings is 1. The highest BCUT2D eigenvalue weighted by Gasteiger charge is 2.09. The van der Waals surface area contributed by atoms with Gasteiger partial charge in [0.15, 0.2) is 0 Å². The van der Waals surface area contributed by atoms with Crippen LogP contribution in [0, 0.1) is 11.6 Å². The van der Waals surface area contributed by atoms with Crippen LogP contribution in [0.1, 0.15) is 16.1 Å². The minimum absolute atomic E-state index is 0.0475. The Hall–Kier alpha value is -2.80. The van der Waals surface area contributed by atoms with Crippen molar-refractivity contribution < 1.29 is 18.3 Å². The quantitative estimate of drug-likeness (QED) is 0.751. The molecule has 3 rings (SSSR count). The van der Waals surface area contributed by atoms with E-state index in [2.05, 4.69) is 10.3 Å². The van der Waals surface area contributed by atoms with E-state index >= 15 is 0 Å². The van der Waals surface area contributed by atoms with Crippen molar-refractivity contribution in [2.24, 2.45) is 0 Å². The van der Waals surface area contributed by atoms with Gasteiger partial charge < -0.3 is 10.1 Å². The molecule has 0 aliphatic carbocycles. The summed E-state index contributed by atoms with van der Waals surface area (Å²) in [5.74, 6) is -1.50. The molecule has 122 valence electrons. The van der Waals surface area contributed by atoms with Crippen LogP contribution in [0.3, 0.4) is 0 Å². The molecule has 1 N–H and O–H groups in total. The van der Waals surface area contributed by atoms with Gasteiger partial charge in [0.05, 0.1) is 11.2 Å². The highest BCUT2D eigenvalue weighted by atomic mass is 32.1. The lowest BCUT2D eigenvalue weighted by molar-refractivity contribution is 0.102. The molecular formula is C17H12F2N2O2S. The summed E-state index contributed by atoms with van der Waals surface area (Å²) in [6, 6.07) is 9.34. The Bertz CT molecular complexity index is 833. The number of carbonyl (C=O) groups is 1. The fourth-order valence-electron chi connectivity index (χ4n) is 2.02. The summed E-state index contributed by atoms with van der Waals surface area (Å²) in [7, 11) is 0. The number of amides is 1. The van der Waals surface area contributed by atoms with E-state index in [1.54, 1.807) is 29.8 Å². The Morgan fingerprint density at radius 1 is 1.17 bits per heavy atom. The Morgan fingerprint density at radius 3 is 2.67 bits per heavy atom. The van der Waals surface area contributed by atoms with Crippen LogP contribution in [-0.4, -0.2) is 10.9 Å². The normalized spacial score (nSPS) is 10.4. The summed E-state index contributed by atoms with van der Waals surface area (Å²) >= 11 is 1.47. The van der Waals surface area contributed by atoms with E-state index in [0.717, 1.165) is 23.9 Å². The Morgan fingerprint density at radius 2 is 1.96 bits per heavy atom. The predicted molar refractivity (Wildman–Crippen MR) is 87.2 cm³/mol. The molecule has 7 heteroatoms. The third-order valence-electron chi connectivity index (χ3n) is 3.09. The standard InChI is InChI=1S/C17H12F2N2O2S/c18-12-5-13(19)7-14(6-12)21-17(22)11-2-1-3-16(4-11)23-8-15-9-24-10-20-15/h1-7,9-10H,8H2,(H,21,22). The molecule has 3 aromatic rings. The first-order valence-corrected chi connectivity index (χ1v) is 7.92. The number of hydrogen-bond donors (Lipinski definition) is 1. The minimum atomic E-state index is -0.759. The van der Waals surface area contributed by atoms with Crippen molar-refractivity contribution in [2.75, 3.05) is 5.32 Å². The van der Waals surface area contributed by atoms with Crippen LogP contribution in [-0.2, 0) is 6.61 Å². The molecule has 1 heterocycles. The lowest BCUT2D eigenvalue weighted by Crippen LogP contribution is -2.12. The Balaban J connectivity index is 1.69. The zero-order valence-corrected chi connectivity index (χ0v) is 13.1. The summed E-state index contributed by atoms with van der Waals surface area (Å²) in [5, 5.41) is 4.32. The number of halogens is 2. The fourth-order valence-corrected chi connectivity index (χ4v) is 2.57. The molecule has 0 bridgehead atoms. The van der Waals surface area contributed by atoms with Crippen LogP contribution in [0.25, 0.3) is 0 Å². The second-order valence-electron chi connectivity index (χ2n) is 4.91. The van der Waals surface area contributed by atoms with Gasteiger partial charge in [0, 0.05) is 22.7 Å². The van der Waals surface area contributed by atoms with E-state index in [1.807, 2.05) is 5.38 Å². The predicted octanol–water partition coefficient (Wildman–Crippen LogP) is 4.25. The van der Waals surface area contributed by atoms with Crippen molar-refractivity contribution in [1.29, 1.82) is 0 Å². The maximum atomic E-state index is 13.2. The van der Waals surface area contributed by atoms with Gasteiger partial charge in [0.1, 0.15) is 24.0 Å². The number of aromatic nitrogens is 1. The second-order valence-corrected chi connectivity index (χ2v) is 5.63. The summed E-state index contributed by atoms with van der Waals surface area (Å²) in [6.07, 6.45) is 0. The van der Waals surface area contributed by atoms with E-state index in [1.165, 1.54) is 11.3 Å². The van der Waals surface area contributed by atoms with Gasteiger partial charge in [0.2, 0.25) is 0 Å². The number of carbonyl (C=O) groups excluding carboxylic acids is 1. The highest BCUT2D eigenvalue weighted by Crippen LogP contribution is 2.18. The van der Waals surface area contributed by atoms with Gasteiger partial charge in [0.25, 0.3) is 5.91 Å². The molecule has 0 saturated heterocycles. The van der Waals surface area contributed by atoms with Crippen LogP contribution in [0.2, 0.25) is 0 Å². The molecule has 0 atom stereocenters. The van der Waals surface area contributed by atoms with Crippen molar-refractivity contribution in [1.82, 2.24) is 4.98 Å². The summed E-state index contributed by atoms with van der Waals surface area (Å²) in [5.41, 5.74) is 2.87. The van der Waals surface area contributed by atoms with Crippen molar-refractivity contribution >= 4 is 22.9 Å². The first-order valence-electron chi connectivity index (χ1n) is 6.97. The number of benzene rings is 2. The monoisotopic (exact) mass is 346 g/mol. The molecular weight excluding hydrogens is 334 g/mol. The average molecular weight is 346 g/mol. The maximum Gasteiger partial charge on any atom is 0.255 e. The molecule has 0 saturated carbocycles. The minimum Gasteiger partial charge on any atom is -0.487 e. The van der Waals surface area contributed by atoms with Gasteiger partial charge in [-0.1, -0.05) is 6.07 Å². The summed E-state index contributed by atoms with van der Waals surface area (Å²) in [4.78, 5) is 16.3. The topological polar surface area (TPSA) is 51.2 Å². The average Bonchev–Trinajstić information content (AvgIpc) is 3.05. The molecule has 0 fully saturated rings. The molecule has 24 heavy (non-hydrogen) atoms. The smallest absolute Gasteiger partial charge is 0.255 e.